The van der Waals surface area contributed by atoms with Gasteiger partial charge in [-0.1, -0.05) is 18.2 Å². The Morgan fingerprint density at radius 2 is 1.95 bits per heavy atom. The molecule has 1 aromatic carbocycles. The number of esters is 1. The molecule has 1 aliphatic heterocycles. The maximum atomic E-state index is 14.2. The molecule has 0 saturated carbocycles. The number of anilines is 1. The van der Waals surface area contributed by atoms with Crippen molar-refractivity contribution < 1.29 is 37.4 Å². The molecule has 2 aromatic rings. The molecule has 38 heavy (non-hydrogen) atoms. The number of nitrogens with two attached hydrogens (primary N) is 2. The smallest absolute Gasteiger partial charge is 0.459 e. The molecule has 15 heteroatoms. The Bertz CT molecular complexity index is 1220. The van der Waals surface area contributed by atoms with Gasteiger partial charge in [-0.25, -0.2) is 13.8 Å². The van der Waals surface area contributed by atoms with E-state index in [-0.39, 0.29) is 11.6 Å². The minimum Gasteiger partial charge on any atom is -0.462 e. The maximum Gasteiger partial charge on any atom is 0.459 e. The van der Waals surface area contributed by atoms with Gasteiger partial charge in [-0.15, -0.1) is 0 Å². The number of nitrogens with one attached hydrogen (secondary N) is 1. The van der Waals surface area contributed by atoms with Gasteiger partial charge in [-0.3, -0.25) is 13.9 Å². The van der Waals surface area contributed by atoms with Crippen molar-refractivity contribution in [2.24, 2.45) is 5.73 Å². The number of carbonyl (C=O) groups is 1. The fourth-order valence-electron chi connectivity index (χ4n) is 3.84. The molecular weight excluding hydrogens is 524 g/mol. The average molecular weight is 558 g/mol. The van der Waals surface area contributed by atoms with Gasteiger partial charge >= 0.3 is 19.4 Å². The number of hydrogen-bond donors (Lipinski definition) is 4. The summed E-state index contributed by atoms with van der Waals surface area (Å²) >= 11 is 0. The fraction of sp³-hybridized carbons (Fsp3) is 0.522. The minimum absolute atomic E-state index is 0.0731. The first-order valence-corrected chi connectivity index (χ1v) is 13.4. The number of ether oxygens (including phenoxy) is 2. The van der Waals surface area contributed by atoms with Gasteiger partial charge in [0.2, 0.25) is 0 Å². The van der Waals surface area contributed by atoms with E-state index in [9.17, 15) is 23.7 Å². The van der Waals surface area contributed by atoms with Crippen LogP contribution >= 0.6 is 7.75 Å². The number of alkyl halides is 1. The zero-order chi connectivity index (χ0) is 28.3. The number of aliphatic hydroxyl groups excluding tert-OH is 1. The largest absolute Gasteiger partial charge is 0.462 e. The van der Waals surface area contributed by atoms with Crippen LogP contribution in [0, 0.1) is 0 Å². The van der Waals surface area contributed by atoms with Crippen LogP contribution in [0.1, 0.15) is 33.9 Å². The summed E-state index contributed by atoms with van der Waals surface area (Å²) in [5.41, 5.74) is 8.73. The third kappa shape index (κ3) is 6.57. The molecule has 0 aliphatic carbocycles. The second kappa shape index (κ2) is 11.9. The summed E-state index contributed by atoms with van der Waals surface area (Å²) in [6.45, 7) is 4.83. The summed E-state index contributed by atoms with van der Waals surface area (Å²) in [5.74, 6) is -0.628. The van der Waals surface area contributed by atoms with E-state index in [2.05, 4.69) is 10.1 Å². The Morgan fingerprint density at radius 3 is 2.53 bits per heavy atom. The summed E-state index contributed by atoms with van der Waals surface area (Å²) in [4.78, 5) is 28.3. The average Bonchev–Trinajstić information content (AvgIpc) is 3.10. The van der Waals surface area contributed by atoms with E-state index in [4.69, 9.17) is 30.0 Å². The van der Waals surface area contributed by atoms with Gasteiger partial charge in [0.05, 0.1) is 12.2 Å². The second-order valence-electron chi connectivity index (χ2n) is 9.23. The third-order valence-corrected chi connectivity index (χ3v) is 7.50. The van der Waals surface area contributed by atoms with E-state index in [1.807, 2.05) is 0 Å². The van der Waals surface area contributed by atoms with Crippen LogP contribution in [-0.2, 0) is 23.4 Å². The standard InChI is InChI=1S/C23H33FN5O8P/c1-13(2)34-20(31)14(3)28-38(33,37-16-8-6-5-7-9-16)36-15(4)18-19(30)23(26,12-24)21(35-18)29-11-10-17(25)27-22(29)32/h5-11,13-15,18-19,21,30H,12,26H2,1-4H3,(H,28,33)(H2,25,27,32)/t14-,15+,18+,19?,21+,23+,38+/m0/s1. The molecule has 1 aliphatic rings. The Morgan fingerprint density at radius 1 is 1.29 bits per heavy atom. The molecule has 0 bridgehead atoms. The molecule has 1 fully saturated rings. The number of hydrogen-bond acceptors (Lipinski definition) is 11. The van der Waals surface area contributed by atoms with Gasteiger partial charge in [0.15, 0.2) is 6.23 Å². The summed E-state index contributed by atoms with van der Waals surface area (Å²) in [5, 5.41) is 13.5. The first-order valence-electron chi connectivity index (χ1n) is 11.8. The highest BCUT2D eigenvalue weighted by molar-refractivity contribution is 7.52. The maximum absolute atomic E-state index is 14.2. The number of benzene rings is 1. The third-order valence-electron chi connectivity index (χ3n) is 5.74. The van der Waals surface area contributed by atoms with Crippen molar-refractivity contribution >= 4 is 19.5 Å². The lowest BCUT2D eigenvalue weighted by Crippen LogP contribution is -2.58. The van der Waals surface area contributed by atoms with Crippen LogP contribution in [0.2, 0.25) is 0 Å². The summed E-state index contributed by atoms with van der Waals surface area (Å²) < 4.78 is 51.2. The monoisotopic (exact) mass is 557 g/mol. The number of nitrogen functional groups attached to an aromatic ring is 1. The summed E-state index contributed by atoms with van der Waals surface area (Å²) in [6.07, 6.45) is -5.06. The molecule has 1 unspecified atom stereocenters. The van der Waals surface area contributed by atoms with Crippen LogP contribution in [0.4, 0.5) is 10.2 Å². The molecule has 1 saturated heterocycles. The van der Waals surface area contributed by atoms with Gasteiger partial charge in [-0.05, 0) is 45.9 Å². The first-order chi connectivity index (χ1) is 17.8. The number of halogens is 1. The SMILES string of the molecule is CC(C)OC(=O)[C@H](C)N[P@](=O)(Oc1ccccc1)O[C@H](C)[C@H]1O[C@@H](n2ccc(N)nc2=O)[C@@](N)(CF)C1O. The zero-order valence-electron chi connectivity index (χ0n) is 21.4. The van der Waals surface area contributed by atoms with Crippen LogP contribution in [0.25, 0.3) is 0 Å². The molecule has 0 spiro atoms. The highest BCUT2D eigenvalue weighted by atomic mass is 31.2. The number of nitrogens with zero attached hydrogens (tertiary/aromatic N) is 2. The molecule has 13 nitrogen and oxygen atoms in total. The number of para-hydroxylation sites is 1. The lowest BCUT2D eigenvalue weighted by molar-refractivity contribution is -0.149. The van der Waals surface area contributed by atoms with Gasteiger partial charge < -0.3 is 30.6 Å². The van der Waals surface area contributed by atoms with Crippen molar-refractivity contribution in [3.05, 3.63) is 53.1 Å². The van der Waals surface area contributed by atoms with E-state index in [1.165, 1.54) is 38.2 Å². The number of carbonyl (C=O) groups excluding carboxylic acids is 1. The topological polar surface area (TPSA) is 190 Å². The van der Waals surface area contributed by atoms with Gasteiger partial charge in [-0.2, -0.15) is 10.1 Å². The quantitative estimate of drug-likeness (QED) is 0.229. The predicted molar refractivity (Wildman–Crippen MR) is 135 cm³/mol. The lowest BCUT2D eigenvalue weighted by Gasteiger charge is -2.31. The first kappa shape index (κ1) is 29.7. The molecule has 3 rings (SSSR count). The van der Waals surface area contributed by atoms with E-state index >= 15 is 0 Å². The van der Waals surface area contributed by atoms with Crippen molar-refractivity contribution in [2.75, 3.05) is 12.4 Å². The van der Waals surface area contributed by atoms with E-state index < -0.39 is 68.3 Å². The minimum atomic E-state index is -4.36. The number of aromatic nitrogens is 2. The second-order valence-corrected chi connectivity index (χ2v) is 10.9. The van der Waals surface area contributed by atoms with Crippen LogP contribution < -0.4 is 26.8 Å². The van der Waals surface area contributed by atoms with E-state index in [0.29, 0.717) is 0 Å². The van der Waals surface area contributed by atoms with E-state index in [0.717, 1.165) is 4.57 Å². The number of aliphatic hydroxyl groups is 1. The Balaban J connectivity index is 1.88. The van der Waals surface area contributed by atoms with E-state index in [1.54, 1.807) is 32.0 Å². The Hall–Kier alpha value is -2.87. The van der Waals surface area contributed by atoms with Crippen LogP contribution in [0.5, 0.6) is 5.75 Å². The number of rotatable bonds is 11. The fourth-order valence-corrected chi connectivity index (χ4v) is 5.54. The summed E-state index contributed by atoms with van der Waals surface area (Å²) in [6, 6.07) is 8.18. The van der Waals surface area contributed by atoms with Crippen molar-refractivity contribution in [2.45, 2.75) is 69.9 Å². The molecule has 2 heterocycles. The van der Waals surface area contributed by atoms with Crippen LogP contribution in [0.15, 0.2) is 47.4 Å². The van der Waals surface area contributed by atoms with Crippen LogP contribution in [-0.4, -0.2) is 63.3 Å². The van der Waals surface area contributed by atoms with Crippen LogP contribution in [0.3, 0.4) is 0 Å². The highest BCUT2D eigenvalue weighted by Gasteiger charge is 2.58. The van der Waals surface area contributed by atoms with Crippen molar-refractivity contribution in [1.29, 1.82) is 0 Å². The zero-order valence-corrected chi connectivity index (χ0v) is 22.3. The van der Waals surface area contributed by atoms with Gasteiger partial charge in [0.25, 0.3) is 0 Å². The lowest BCUT2D eigenvalue weighted by atomic mass is 9.91. The van der Waals surface area contributed by atoms with Gasteiger partial charge in [0.1, 0.15) is 42.0 Å². The molecule has 0 radical (unpaired) electrons. The highest BCUT2D eigenvalue weighted by Crippen LogP contribution is 2.48. The van der Waals surface area contributed by atoms with Crippen molar-refractivity contribution in [3.63, 3.8) is 0 Å². The van der Waals surface area contributed by atoms with Crippen molar-refractivity contribution in [3.8, 4) is 5.75 Å². The molecule has 210 valence electrons. The van der Waals surface area contributed by atoms with Crippen molar-refractivity contribution in [1.82, 2.24) is 14.6 Å². The molecule has 7 atom stereocenters. The molecule has 0 amide bonds. The molecular formula is C23H33FN5O8P. The molecule has 1 aromatic heterocycles. The normalized spacial score (nSPS) is 26.5. The summed E-state index contributed by atoms with van der Waals surface area (Å²) in [7, 11) is -4.36. The molecule has 6 N–H and O–H groups in total. The Labute approximate surface area is 218 Å². The Kier molecular flexibility index (Phi) is 9.29. The predicted octanol–water partition coefficient (Wildman–Crippen LogP) is 1.27. The van der Waals surface area contributed by atoms with Gasteiger partial charge in [0, 0.05) is 6.20 Å².